The Labute approximate surface area is 97.1 Å². The molecule has 2 heterocycles. The largest absolute Gasteiger partial charge is 0.368 e. The first-order chi connectivity index (χ1) is 7.74. The average molecular weight is 226 g/mol. The summed E-state index contributed by atoms with van der Waals surface area (Å²) in [6.45, 7) is 4.34. The number of carbonyl (C=O) groups is 1. The molecule has 16 heavy (non-hydrogen) atoms. The second-order valence-corrected chi connectivity index (χ2v) is 4.96. The Bertz CT molecular complexity index is 251. The van der Waals surface area contributed by atoms with Crippen molar-refractivity contribution < 1.29 is 9.53 Å². The van der Waals surface area contributed by atoms with Crippen molar-refractivity contribution in [1.82, 2.24) is 4.90 Å². The van der Waals surface area contributed by atoms with Gasteiger partial charge >= 0.3 is 0 Å². The van der Waals surface area contributed by atoms with Crippen LogP contribution in [0.4, 0.5) is 0 Å². The van der Waals surface area contributed by atoms with Crippen molar-refractivity contribution >= 4 is 5.91 Å². The average Bonchev–Trinajstić information content (AvgIpc) is 2.81. The van der Waals surface area contributed by atoms with E-state index in [-0.39, 0.29) is 18.1 Å². The lowest BCUT2D eigenvalue weighted by Crippen LogP contribution is -2.54. The van der Waals surface area contributed by atoms with Crippen molar-refractivity contribution in [3.63, 3.8) is 0 Å². The van der Waals surface area contributed by atoms with Crippen LogP contribution in [-0.4, -0.2) is 42.6 Å². The van der Waals surface area contributed by atoms with Crippen LogP contribution in [0.1, 0.15) is 32.6 Å². The van der Waals surface area contributed by atoms with E-state index >= 15 is 0 Å². The van der Waals surface area contributed by atoms with E-state index in [1.807, 2.05) is 4.90 Å². The minimum Gasteiger partial charge on any atom is -0.368 e. The lowest BCUT2D eigenvalue weighted by Gasteiger charge is -2.40. The quantitative estimate of drug-likeness (QED) is 0.756. The zero-order valence-electron chi connectivity index (χ0n) is 10.0. The highest BCUT2D eigenvalue weighted by Crippen LogP contribution is 2.25. The summed E-state index contributed by atoms with van der Waals surface area (Å²) in [4.78, 5) is 14.2. The predicted molar refractivity (Wildman–Crippen MR) is 61.9 cm³/mol. The van der Waals surface area contributed by atoms with E-state index < -0.39 is 0 Å². The van der Waals surface area contributed by atoms with E-state index in [9.17, 15) is 4.79 Å². The van der Waals surface area contributed by atoms with Crippen LogP contribution in [0.5, 0.6) is 0 Å². The van der Waals surface area contributed by atoms with Crippen molar-refractivity contribution in [2.45, 2.75) is 44.8 Å². The fourth-order valence-electron chi connectivity index (χ4n) is 2.84. The normalized spacial score (nSPS) is 35.4. The Hall–Kier alpha value is -0.610. The standard InChI is InChI=1S/C12H22N2O2/c1-9-4-2-6-14(10(9)8-13)12(15)11-5-3-7-16-11/h9-11H,2-8,13H2,1H3/t9?,10?,11-/m0/s1. The van der Waals surface area contributed by atoms with Crippen molar-refractivity contribution in [3.05, 3.63) is 0 Å². The number of amides is 1. The van der Waals surface area contributed by atoms with E-state index in [4.69, 9.17) is 10.5 Å². The predicted octanol–water partition coefficient (Wildman–Crippen LogP) is 0.751. The molecule has 4 heteroatoms. The Kier molecular flexibility index (Phi) is 3.82. The van der Waals surface area contributed by atoms with E-state index in [2.05, 4.69) is 6.92 Å². The number of likely N-dealkylation sites (tertiary alicyclic amines) is 1. The van der Waals surface area contributed by atoms with Gasteiger partial charge in [0.05, 0.1) is 0 Å². The summed E-state index contributed by atoms with van der Waals surface area (Å²) in [5, 5.41) is 0. The Morgan fingerprint density at radius 1 is 1.44 bits per heavy atom. The molecule has 4 nitrogen and oxygen atoms in total. The molecule has 3 atom stereocenters. The molecule has 0 radical (unpaired) electrons. The first-order valence-electron chi connectivity index (χ1n) is 6.36. The summed E-state index contributed by atoms with van der Waals surface area (Å²) in [7, 11) is 0. The number of nitrogens with two attached hydrogens (primary N) is 1. The molecule has 0 aromatic heterocycles. The molecular weight excluding hydrogens is 204 g/mol. The van der Waals surface area contributed by atoms with Crippen LogP contribution in [0.15, 0.2) is 0 Å². The van der Waals surface area contributed by atoms with Gasteiger partial charge in [-0.15, -0.1) is 0 Å². The summed E-state index contributed by atoms with van der Waals surface area (Å²) in [5.74, 6) is 0.684. The van der Waals surface area contributed by atoms with Crippen LogP contribution < -0.4 is 5.73 Å². The van der Waals surface area contributed by atoms with E-state index in [0.29, 0.717) is 12.5 Å². The zero-order valence-corrected chi connectivity index (χ0v) is 10.0. The molecule has 0 spiro atoms. The van der Waals surface area contributed by atoms with E-state index in [1.54, 1.807) is 0 Å². The number of hydrogen-bond donors (Lipinski definition) is 1. The molecule has 2 unspecified atom stereocenters. The SMILES string of the molecule is CC1CCCN(C(=O)[C@@H]2CCCO2)C1CN. The fraction of sp³-hybridized carbons (Fsp3) is 0.917. The van der Waals surface area contributed by atoms with Crippen LogP contribution in [0.25, 0.3) is 0 Å². The highest BCUT2D eigenvalue weighted by molar-refractivity contribution is 5.81. The maximum Gasteiger partial charge on any atom is 0.252 e. The molecule has 0 aromatic carbocycles. The van der Waals surface area contributed by atoms with Gasteiger partial charge in [0.2, 0.25) is 0 Å². The van der Waals surface area contributed by atoms with Gasteiger partial charge < -0.3 is 15.4 Å². The van der Waals surface area contributed by atoms with Crippen LogP contribution in [-0.2, 0) is 9.53 Å². The third kappa shape index (κ3) is 2.23. The van der Waals surface area contributed by atoms with Gasteiger partial charge in [0.1, 0.15) is 6.10 Å². The van der Waals surface area contributed by atoms with Crippen LogP contribution in [0.2, 0.25) is 0 Å². The lowest BCUT2D eigenvalue weighted by molar-refractivity contribution is -0.145. The number of nitrogens with zero attached hydrogens (tertiary/aromatic N) is 1. The van der Waals surface area contributed by atoms with E-state index in [0.717, 1.165) is 32.4 Å². The van der Waals surface area contributed by atoms with E-state index in [1.165, 1.54) is 6.42 Å². The van der Waals surface area contributed by atoms with Gasteiger partial charge in [-0.2, -0.15) is 0 Å². The van der Waals surface area contributed by atoms with Gasteiger partial charge in [-0.25, -0.2) is 0 Å². The second kappa shape index (κ2) is 5.15. The fourth-order valence-corrected chi connectivity index (χ4v) is 2.84. The van der Waals surface area contributed by atoms with Gasteiger partial charge in [0.25, 0.3) is 5.91 Å². The minimum absolute atomic E-state index is 0.166. The monoisotopic (exact) mass is 226 g/mol. The highest BCUT2D eigenvalue weighted by Gasteiger charge is 2.35. The van der Waals surface area contributed by atoms with Gasteiger partial charge in [-0.3, -0.25) is 4.79 Å². The summed E-state index contributed by atoms with van der Waals surface area (Å²) >= 11 is 0. The maximum atomic E-state index is 12.3. The zero-order chi connectivity index (χ0) is 11.5. The summed E-state index contributed by atoms with van der Waals surface area (Å²) in [6, 6.07) is 0.213. The molecule has 0 bridgehead atoms. The number of carbonyl (C=O) groups excluding carboxylic acids is 1. The minimum atomic E-state index is -0.195. The molecule has 2 rings (SSSR count). The Balaban J connectivity index is 2.02. The van der Waals surface area contributed by atoms with Gasteiger partial charge in [0.15, 0.2) is 0 Å². The molecule has 2 N–H and O–H groups in total. The molecule has 0 saturated carbocycles. The number of rotatable bonds is 2. The van der Waals surface area contributed by atoms with Gasteiger partial charge in [-0.1, -0.05) is 6.92 Å². The Morgan fingerprint density at radius 3 is 2.88 bits per heavy atom. The maximum absolute atomic E-state index is 12.3. The van der Waals surface area contributed by atoms with Crippen molar-refractivity contribution in [2.75, 3.05) is 19.7 Å². The highest BCUT2D eigenvalue weighted by atomic mass is 16.5. The van der Waals surface area contributed by atoms with Gasteiger partial charge in [-0.05, 0) is 31.6 Å². The first-order valence-corrected chi connectivity index (χ1v) is 6.36. The molecule has 1 amide bonds. The summed E-state index contributed by atoms with van der Waals surface area (Å²) < 4.78 is 5.46. The molecule has 0 aliphatic carbocycles. The molecule has 92 valence electrons. The molecule has 2 fully saturated rings. The summed E-state index contributed by atoms with van der Waals surface area (Å²) in [6.07, 6.45) is 3.96. The van der Waals surface area contributed by atoms with Crippen LogP contribution in [0.3, 0.4) is 0 Å². The number of hydrogen-bond acceptors (Lipinski definition) is 3. The third-order valence-corrected chi connectivity index (χ3v) is 3.85. The molecule has 2 aliphatic rings. The molecule has 0 aromatic rings. The lowest BCUT2D eigenvalue weighted by atomic mass is 9.90. The van der Waals surface area contributed by atoms with Crippen LogP contribution in [0, 0.1) is 5.92 Å². The summed E-state index contributed by atoms with van der Waals surface area (Å²) in [5.41, 5.74) is 5.79. The smallest absolute Gasteiger partial charge is 0.252 e. The number of ether oxygens (including phenoxy) is 1. The second-order valence-electron chi connectivity index (χ2n) is 4.96. The Morgan fingerprint density at radius 2 is 2.25 bits per heavy atom. The van der Waals surface area contributed by atoms with Gasteiger partial charge in [0, 0.05) is 25.7 Å². The topological polar surface area (TPSA) is 55.6 Å². The third-order valence-electron chi connectivity index (χ3n) is 3.85. The molecular formula is C12H22N2O2. The molecule has 2 saturated heterocycles. The van der Waals surface area contributed by atoms with Crippen molar-refractivity contribution in [2.24, 2.45) is 11.7 Å². The number of piperidine rings is 1. The molecule has 2 aliphatic heterocycles. The van der Waals surface area contributed by atoms with Crippen LogP contribution >= 0.6 is 0 Å². The first kappa shape index (κ1) is 11.9. The van der Waals surface area contributed by atoms with Crippen molar-refractivity contribution in [1.29, 1.82) is 0 Å². The van der Waals surface area contributed by atoms with Crippen molar-refractivity contribution in [3.8, 4) is 0 Å².